The van der Waals surface area contributed by atoms with Crippen LogP contribution in [0.1, 0.15) is 65.4 Å². The van der Waals surface area contributed by atoms with Gasteiger partial charge in [-0.15, -0.1) is 22.7 Å². The SMILES string of the molecule is CCN(C)S(=O)(=O)Nc1cccc(-c2nc(C(C)(C)C)sc2-c2ccnc(N)n2)c1F.CCN(C)S(=O)(=O)Nc1cccc(-c2nc(C(C)(C)C)sc2-c2ccnc(OC)n2)c1F. The van der Waals surface area contributed by atoms with E-state index in [1.165, 1.54) is 62.2 Å². The monoisotopic (exact) mass is 943 g/mol. The van der Waals surface area contributed by atoms with Gasteiger partial charge >= 0.3 is 26.4 Å². The molecule has 0 amide bonds. The van der Waals surface area contributed by atoms with Gasteiger partial charge in [-0.25, -0.2) is 33.7 Å². The molecule has 0 spiro atoms. The first-order valence-electron chi connectivity index (χ1n) is 19.5. The van der Waals surface area contributed by atoms with Gasteiger partial charge < -0.3 is 10.5 Å². The number of thiazole rings is 2. The topological polar surface area (TPSA) is 211 Å². The number of nitrogen functional groups attached to an aromatic ring is 1. The lowest BCUT2D eigenvalue weighted by Gasteiger charge is -2.17. The number of aromatic nitrogens is 6. The first-order chi connectivity index (χ1) is 29.4. The first kappa shape index (κ1) is 48.8. The van der Waals surface area contributed by atoms with Crippen molar-refractivity contribution < 1.29 is 30.4 Å². The Labute approximate surface area is 375 Å². The van der Waals surface area contributed by atoms with Crippen molar-refractivity contribution in [2.75, 3.05) is 49.5 Å². The minimum absolute atomic E-state index is 0.0961. The number of nitrogens with one attached hydrogen (secondary N) is 2. The molecule has 0 saturated heterocycles. The molecule has 0 aliphatic carbocycles. The van der Waals surface area contributed by atoms with Crippen molar-refractivity contribution in [2.24, 2.45) is 0 Å². The third-order valence-electron chi connectivity index (χ3n) is 9.19. The Morgan fingerprint density at radius 1 is 0.667 bits per heavy atom. The van der Waals surface area contributed by atoms with Crippen LogP contribution in [0.2, 0.25) is 0 Å². The number of benzene rings is 2. The van der Waals surface area contributed by atoms with E-state index < -0.39 is 32.1 Å². The second-order valence-electron chi connectivity index (χ2n) is 16.0. The highest BCUT2D eigenvalue weighted by Gasteiger charge is 2.29. The molecule has 0 unspecified atom stereocenters. The van der Waals surface area contributed by atoms with E-state index in [9.17, 15) is 16.8 Å². The van der Waals surface area contributed by atoms with E-state index in [-0.39, 0.29) is 58.4 Å². The standard InChI is InChI=1S/C21H26FN5O3S2.C20H25FN6O2S2/c1-7-27(5)32(28,29)26-14-10-8-9-13(16(14)22)17-18(31-19(25-17)21(2,3)4)15-11-12-23-20(24-15)30-6;1-6-27(5)31(28,29)26-13-9-7-8-12(15(13)21)16-17(14-10-11-23-19(22)24-14)30-18(25-16)20(2,3)4/h8-12,26H,7H2,1-6H3;7-11,26H,6H2,1-5H3,(H2,22,23,24). The number of hydrogen-bond acceptors (Lipinski definition) is 14. The quantitative estimate of drug-likeness (QED) is 0.100. The average Bonchev–Trinajstić information content (AvgIpc) is 3.89. The number of methoxy groups -OCH3 is 1. The summed E-state index contributed by atoms with van der Waals surface area (Å²) in [6, 6.07) is 12.6. The van der Waals surface area contributed by atoms with Crippen molar-refractivity contribution >= 4 is 60.4 Å². The second-order valence-corrected chi connectivity index (χ2v) is 21.6. The average molecular weight is 944 g/mol. The maximum Gasteiger partial charge on any atom is 0.316 e. The maximum absolute atomic E-state index is 15.6. The Morgan fingerprint density at radius 3 is 1.46 bits per heavy atom. The third kappa shape index (κ3) is 11.3. The van der Waals surface area contributed by atoms with Gasteiger partial charge in [0.15, 0.2) is 11.6 Å². The van der Waals surface area contributed by atoms with Crippen LogP contribution in [0, 0.1) is 11.6 Å². The van der Waals surface area contributed by atoms with E-state index in [1.54, 1.807) is 56.4 Å². The normalized spacial score (nSPS) is 12.3. The summed E-state index contributed by atoms with van der Waals surface area (Å²) in [7, 11) is -3.47. The highest BCUT2D eigenvalue weighted by molar-refractivity contribution is 7.90. The summed E-state index contributed by atoms with van der Waals surface area (Å²) in [6.45, 7) is 15.9. The molecule has 338 valence electrons. The van der Waals surface area contributed by atoms with Crippen molar-refractivity contribution in [3.8, 4) is 49.7 Å². The van der Waals surface area contributed by atoms with E-state index in [0.29, 0.717) is 32.5 Å². The van der Waals surface area contributed by atoms with Crippen molar-refractivity contribution in [3.63, 3.8) is 0 Å². The summed E-state index contributed by atoms with van der Waals surface area (Å²) >= 11 is 2.79. The lowest BCUT2D eigenvalue weighted by Crippen LogP contribution is -2.32. The molecule has 2 aromatic carbocycles. The highest BCUT2D eigenvalue weighted by atomic mass is 32.2. The van der Waals surface area contributed by atoms with Crippen molar-refractivity contribution in [3.05, 3.63) is 82.6 Å². The summed E-state index contributed by atoms with van der Waals surface area (Å²) < 4.78 is 92.7. The van der Waals surface area contributed by atoms with Gasteiger partial charge in [-0.3, -0.25) is 9.44 Å². The summed E-state index contributed by atoms with van der Waals surface area (Å²) in [5.41, 5.74) is 7.02. The van der Waals surface area contributed by atoms with Gasteiger partial charge in [0.25, 0.3) is 0 Å². The molecule has 6 aromatic rings. The molecule has 22 heteroatoms. The lowest BCUT2D eigenvalue weighted by atomic mass is 9.98. The molecule has 4 N–H and O–H groups in total. The number of anilines is 3. The van der Waals surface area contributed by atoms with E-state index in [4.69, 9.17) is 20.4 Å². The van der Waals surface area contributed by atoms with Crippen LogP contribution in [0.25, 0.3) is 43.7 Å². The van der Waals surface area contributed by atoms with Gasteiger partial charge in [-0.05, 0) is 36.4 Å². The van der Waals surface area contributed by atoms with Gasteiger partial charge in [-0.1, -0.05) is 67.5 Å². The van der Waals surface area contributed by atoms with Gasteiger partial charge in [0, 0.05) is 61.5 Å². The van der Waals surface area contributed by atoms with Gasteiger partial charge in [0.1, 0.15) is 0 Å². The molecular weight excluding hydrogens is 893 g/mol. The number of nitrogens with two attached hydrogens (primary N) is 1. The summed E-state index contributed by atoms with van der Waals surface area (Å²) in [5.74, 6) is -1.34. The number of rotatable bonds is 13. The van der Waals surface area contributed by atoms with Crippen LogP contribution >= 0.6 is 22.7 Å². The predicted molar refractivity (Wildman–Crippen MR) is 247 cm³/mol. The molecule has 63 heavy (non-hydrogen) atoms. The number of halogens is 2. The summed E-state index contributed by atoms with van der Waals surface area (Å²) in [4.78, 5) is 27.3. The molecular formula is C41H51F2N11O5S4. The van der Waals surface area contributed by atoms with Crippen LogP contribution in [-0.2, 0) is 31.2 Å². The van der Waals surface area contributed by atoms with E-state index in [0.717, 1.165) is 18.6 Å². The van der Waals surface area contributed by atoms with Crippen LogP contribution in [-0.4, -0.2) is 89.6 Å². The van der Waals surface area contributed by atoms with Crippen LogP contribution in [0.15, 0.2) is 60.9 Å². The summed E-state index contributed by atoms with van der Waals surface area (Å²) in [6.07, 6.45) is 3.09. The van der Waals surface area contributed by atoms with Gasteiger partial charge in [-0.2, -0.15) is 30.4 Å². The number of ether oxygens (including phenoxy) is 1. The first-order valence-corrected chi connectivity index (χ1v) is 24.0. The Bertz CT molecular complexity index is 2810. The molecule has 6 rings (SSSR count). The Kier molecular flexibility index (Phi) is 14.9. The van der Waals surface area contributed by atoms with Crippen LogP contribution in [0.5, 0.6) is 6.01 Å². The number of nitrogens with zero attached hydrogens (tertiary/aromatic N) is 8. The van der Waals surface area contributed by atoms with Crippen molar-refractivity contribution in [1.29, 1.82) is 0 Å². The van der Waals surface area contributed by atoms with Crippen LogP contribution in [0.4, 0.5) is 26.1 Å². The smallest absolute Gasteiger partial charge is 0.316 e. The van der Waals surface area contributed by atoms with Gasteiger partial charge in [0.2, 0.25) is 5.95 Å². The van der Waals surface area contributed by atoms with Crippen molar-refractivity contribution in [1.82, 2.24) is 38.5 Å². The zero-order valence-corrected chi connectivity index (χ0v) is 40.0. The lowest BCUT2D eigenvalue weighted by molar-refractivity contribution is 0.380. The molecule has 0 bridgehead atoms. The molecule has 0 aliphatic heterocycles. The minimum Gasteiger partial charge on any atom is -0.467 e. The third-order valence-corrected chi connectivity index (χ3v) is 15.3. The fraction of sp³-hybridized carbons (Fsp3) is 0.366. The zero-order chi connectivity index (χ0) is 46.7. The second kappa shape index (κ2) is 19.2. The molecule has 0 fully saturated rings. The van der Waals surface area contributed by atoms with E-state index >= 15 is 8.78 Å². The van der Waals surface area contributed by atoms with E-state index in [2.05, 4.69) is 29.4 Å². The predicted octanol–water partition coefficient (Wildman–Crippen LogP) is 8.22. The fourth-order valence-corrected chi connectivity index (χ4v) is 9.50. The molecule has 4 aromatic heterocycles. The highest BCUT2D eigenvalue weighted by Crippen LogP contribution is 2.43. The Morgan fingerprint density at radius 2 is 1.08 bits per heavy atom. The molecule has 0 radical (unpaired) electrons. The maximum atomic E-state index is 15.6. The van der Waals surface area contributed by atoms with E-state index in [1.807, 2.05) is 41.5 Å². The minimum atomic E-state index is -3.89. The van der Waals surface area contributed by atoms with Crippen LogP contribution < -0.4 is 19.9 Å². The number of hydrogen-bond donors (Lipinski definition) is 3. The largest absolute Gasteiger partial charge is 0.467 e. The fourth-order valence-electron chi connectivity index (χ4n) is 5.42. The van der Waals surface area contributed by atoms with Gasteiger partial charge in [0.05, 0.1) is 61.0 Å². The molecule has 0 aliphatic rings. The van der Waals surface area contributed by atoms with Crippen molar-refractivity contribution in [2.45, 2.75) is 66.2 Å². The Balaban J connectivity index is 0.000000238. The molecule has 4 heterocycles. The molecule has 0 atom stereocenters. The zero-order valence-electron chi connectivity index (χ0n) is 36.8. The van der Waals surface area contributed by atoms with Crippen LogP contribution in [0.3, 0.4) is 0 Å². The summed E-state index contributed by atoms with van der Waals surface area (Å²) in [5, 5.41) is 1.57. The molecule has 16 nitrogen and oxygen atoms in total. The molecule has 0 saturated carbocycles. The Hall–Kier alpha value is -5.26.